The summed E-state index contributed by atoms with van der Waals surface area (Å²) in [4.78, 5) is 12.2. The van der Waals surface area contributed by atoms with Crippen LogP contribution in [-0.2, 0) is 4.79 Å². The maximum atomic E-state index is 12.2. The number of rotatable bonds is 4. The number of halogens is 1. The Morgan fingerprint density at radius 1 is 1.50 bits per heavy atom. The van der Waals surface area contributed by atoms with Crippen LogP contribution in [0.3, 0.4) is 0 Å². The molecule has 0 saturated heterocycles. The highest BCUT2D eigenvalue weighted by molar-refractivity contribution is 9.10. The zero-order chi connectivity index (χ0) is 14.7. The van der Waals surface area contributed by atoms with Crippen molar-refractivity contribution in [2.45, 2.75) is 19.9 Å². The molecule has 1 aliphatic heterocycles. The average Bonchev–Trinajstić information content (AvgIpc) is 2.45. The van der Waals surface area contributed by atoms with Gasteiger partial charge in [-0.2, -0.15) is 0 Å². The number of aliphatic hydroxyl groups excluding tert-OH is 1. The highest BCUT2D eigenvalue weighted by Crippen LogP contribution is 2.29. The first kappa shape index (κ1) is 15.1. The van der Waals surface area contributed by atoms with Gasteiger partial charge in [-0.15, -0.1) is 0 Å². The topological polar surface area (TPSA) is 58.6 Å². The Kier molecular flexibility index (Phi) is 4.83. The number of carbonyl (C=O) groups excluding carboxylic acids is 1. The SMILES string of the molecule is CC(CO)C(C)NC(=O)C1=Cc2cc(Br)ccc2OC1. The Balaban J connectivity index is 2.12. The molecule has 0 spiro atoms. The third-order valence-electron chi connectivity index (χ3n) is 3.48. The van der Waals surface area contributed by atoms with Crippen molar-refractivity contribution in [3.8, 4) is 5.75 Å². The number of fused-ring (bicyclic) bond motifs is 1. The third-order valence-corrected chi connectivity index (χ3v) is 3.97. The van der Waals surface area contributed by atoms with E-state index in [1.165, 1.54) is 0 Å². The third kappa shape index (κ3) is 3.41. The molecule has 1 heterocycles. The van der Waals surface area contributed by atoms with Gasteiger partial charge in [-0.05, 0) is 37.1 Å². The standard InChI is InChI=1S/C15H18BrNO3/c1-9(7-18)10(2)17-15(19)12-5-11-6-13(16)3-4-14(11)20-8-12/h3-6,9-10,18H,7-8H2,1-2H3,(H,17,19). The second-order valence-electron chi connectivity index (χ2n) is 5.06. The van der Waals surface area contributed by atoms with Crippen LogP contribution < -0.4 is 10.1 Å². The fourth-order valence-electron chi connectivity index (χ4n) is 1.88. The molecular weight excluding hydrogens is 322 g/mol. The first-order valence-corrected chi connectivity index (χ1v) is 7.35. The van der Waals surface area contributed by atoms with E-state index in [0.717, 1.165) is 15.8 Å². The maximum Gasteiger partial charge on any atom is 0.250 e. The summed E-state index contributed by atoms with van der Waals surface area (Å²) in [6.45, 7) is 4.09. The average molecular weight is 340 g/mol. The van der Waals surface area contributed by atoms with Gasteiger partial charge >= 0.3 is 0 Å². The number of nitrogens with one attached hydrogen (secondary N) is 1. The van der Waals surface area contributed by atoms with E-state index in [4.69, 9.17) is 9.84 Å². The fourth-order valence-corrected chi connectivity index (χ4v) is 2.26. The lowest BCUT2D eigenvalue weighted by atomic mass is 10.0. The van der Waals surface area contributed by atoms with E-state index in [-0.39, 0.29) is 31.1 Å². The molecule has 1 aromatic carbocycles. The lowest BCUT2D eigenvalue weighted by Crippen LogP contribution is -2.40. The first-order chi connectivity index (χ1) is 9.51. The van der Waals surface area contributed by atoms with Crippen molar-refractivity contribution in [1.82, 2.24) is 5.32 Å². The second kappa shape index (κ2) is 6.41. The lowest BCUT2D eigenvalue weighted by Gasteiger charge is -2.22. The zero-order valence-corrected chi connectivity index (χ0v) is 13.1. The van der Waals surface area contributed by atoms with E-state index in [0.29, 0.717) is 5.57 Å². The van der Waals surface area contributed by atoms with Crippen LogP contribution >= 0.6 is 15.9 Å². The highest BCUT2D eigenvalue weighted by Gasteiger charge is 2.20. The number of hydrogen-bond donors (Lipinski definition) is 2. The summed E-state index contributed by atoms with van der Waals surface area (Å²) >= 11 is 3.40. The van der Waals surface area contributed by atoms with Gasteiger partial charge in [0.1, 0.15) is 12.4 Å². The number of ether oxygens (including phenoxy) is 1. The summed E-state index contributed by atoms with van der Waals surface area (Å²) in [7, 11) is 0. The van der Waals surface area contributed by atoms with E-state index in [2.05, 4.69) is 21.2 Å². The van der Waals surface area contributed by atoms with E-state index in [1.54, 1.807) is 0 Å². The van der Waals surface area contributed by atoms with Crippen LogP contribution in [0.1, 0.15) is 19.4 Å². The van der Waals surface area contributed by atoms with Crippen molar-refractivity contribution >= 4 is 27.9 Å². The number of benzene rings is 1. The van der Waals surface area contributed by atoms with Gasteiger partial charge in [-0.1, -0.05) is 22.9 Å². The molecule has 0 fully saturated rings. The normalized spacial score (nSPS) is 16.5. The molecule has 2 N–H and O–H groups in total. The molecule has 108 valence electrons. The molecule has 2 rings (SSSR count). The summed E-state index contributed by atoms with van der Waals surface area (Å²) in [5.74, 6) is 0.649. The molecule has 5 heteroatoms. The van der Waals surface area contributed by atoms with Gasteiger partial charge in [-0.3, -0.25) is 4.79 Å². The van der Waals surface area contributed by atoms with Crippen molar-refractivity contribution in [3.05, 3.63) is 33.8 Å². The predicted octanol–water partition coefficient (Wildman–Crippen LogP) is 2.36. The predicted molar refractivity (Wildman–Crippen MR) is 81.5 cm³/mol. The van der Waals surface area contributed by atoms with Crippen molar-refractivity contribution in [2.75, 3.05) is 13.2 Å². The van der Waals surface area contributed by atoms with E-state index in [9.17, 15) is 4.79 Å². The minimum Gasteiger partial charge on any atom is -0.488 e. The maximum absolute atomic E-state index is 12.2. The minimum absolute atomic E-state index is 0.0190. The number of carbonyl (C=O) groups is 1. The summed E-state index contributed by atoms with van der Waals surface area (Å²) < 4.78 is 6.53. The van der Waals surface area contributed by atoms with Crippen LogP contribution in [0.4, 0.5) is 0 Å². The van der Waals surface area contributed by atoms with Gasteiger partial charge in [0.05, 0.1) is 5.57 Å². The van der Waals surface area contributed by atoms with Crippen molar-refractivity contribution in [1.29, 1.82) is 0 Å². The Bertz CT molecular complexity index is 542. The van der Waals surface area contributed by atoms with Gasteiger partial charge in [0.25, 0.3) is 5.91 Å². The Hall–Kier alpha value is -1.33. The van der Waals surface area contributed by atoms with Crippen molar-refractivity contribution < 1.29 is 14.6 Å². The Morgan fingerprint density at radius 2 is 2.25 bits per heavy atom. The van der Waals surface area contributed by atoms with Crippen molar-refractivity contribution in [2.24, 2.45) is 5.92 Å². The van der Waals surface area contributed by atoms with Crippen molar-refractivity contribution in [3.63, 3.8) is 0 Å². The molecule has 2 atom stereocenters. The lowest BCUT2D eigenvalue weighted by molar-refractivity contribution is -0.118. The fraction of sp³-hybridized carbons (Fsp3) is 0.400. The van der Waals surface area contributed by atoms with Gasteiger partial charge in [0.2, 0.25) is 0 Å². The summed E-state index contributed by atoms with van der Waals surface area (Å²) in [5, 5.41) is 12.0. The van der Waals surface area contributed by atoms with Gasteiger partial charge in [-0.25, -0.2) is 0 Å². The molecule has 0 aliphatic carbocycles. The molecule has 1 amide bonds. The van der Waals surface area contributed by atoms with Crippen LogP contribution in [0.2, 0.25) is 0 Å². The molecule has 1 aliphatic rings. The first-order valence-electron chi connectivity index (χ1n) is 6.56. The molecular formula is C15H18BrNO3. The second-order valence-corrected chi connectivity index (χ2v) is 5.98. The Morgan fingerprint density at radius 3 is 2.95 bits per heavy atom. The minimum atomic E-state index is -0.150. The van der Waals surface area contributed by atoms with E-state index >= 15 is 0 Å². The molecule has 2 unspecified atom stereocenters. The number of amides is 1. The molecule has 4 nitrogen and oxygen atoms in total. The molecule has 0 saturated carbocycles. The van der Waals surface area contributed by atoms with E-state index < -0.39 is 0 Å². The number of hydrogen-bond acceptors (Lipinski definition) is 3. The monoisotopic (exact) mass is 339 g/mol. The molecule has 0 bridgehead atoms. The highest BCUT2D eigenvalue weighted by atomic mass is 79.9. The summed E-state index contributed by atoms with van der Waals surface area (Å²) in [5.41, 5.74) is 1.48. The van der Waals surface area contributed by atoms with Gasteiger partial charge < -0.3 is 15.2 Å². The molecule has 1 aromatic rings. The molecule has 0 radical (unpaired) electrons. The zero-order valence-electron chi connectivity index (χ0n) is 11.5. The van der Waals surface area contributed by atoms with Crippen LogP contribution in [0.25, 0.3) is 6.08 Å². The summed E-state index contributed by atoms with van der Waals surface area (Å²) in [6.07, 6.45) is 1.84. The Labute approximate surface area is 127 Å². The summed E-state index contributed by atoms with van der Waals surface area (Å²) in [6, 6.07) is 5.61. The number of aliphatic hydroxyl groups is 1. The van der Waals surface area contributed by atoms with E-state index in [1.807, 2.05) is 38.1 Å². The smallest absolute Gasteiger partial charge is 0.250 e. The van der Waals surface area contributed by atoms with Crippen LogP contribution in [0, 0.1) is 5.92 Å². The van der Waals surface area contributed by atoms with Gasteiger partial charge in [0.15, 0.2) is 0 Å². The largest absolute Gasteiger partial charge is 0.488 e. The van der Waals surface area contributed by atoms with Crippen LogP contribution in [-0.4, -0.2) is 30.3 Å². The van der Waals surface area contributed by atoms with Gasteiger partial charge in [0, 0.05) is 22.7 Å². The van der Waals surface area contributed by atoms with Crippen LogP contribution in [0.5, 0.6) is 5.75 Å². The molecule has 20 heavy (non-hydrogen) atoms. The quantitative estimate of drug-likeness (QED) is 0.885. The molecule has 0 aromatic heterocycles. The van der Waals surface area contributed by atoms with Crippen LogP contribution in [0.15, 0.2) is 28.2 Å².